The summed E-state index contributed by atoms with van der Waals surface area (Å²) in [4.78, 5) is 12.2. The molecule has 0 aromatic heterocycles. The summed E-state index contributed by atoms with van der Waals surface area (Å²) in [7, 11) is -3.41. The quantitative estimate of drug-likeness (QED) is 0.830. The van der Waals surface area contributed by atoms with E-state index in [-0.39, 0.29) is 17.8 Å². The number of nitrogens with one attached hydrogen (secondary N) is 2. The van der Waals surface area contributed by atoms with Gasteiger partial charge in [0.05, 0.1) is 23.1 Å². The van der Waals surface area contributed by atoms with Crippen LogP contribution in [0.4, 0.5) is 5.69 Å². The number of benzene rings is 1. The minimum Gasteiger partial charge on any atom is -0.376 e. The minimum absolute atomic E-state index is 0.0428. The van der Waals surface area contributed by atoms with Crippen molar-refractivity contribution >= 4 is 21.6 Å². The van der Waals surface area contributed by atoms with Crippen LogP contribution in [0.25, 0.3) is 0 Å². The van der Waals surface area contributed by atoms with Gasteiger partial charge in [-0.05, 0) is 31.9 Å². The van der Waals surface area contributed by atoms with Crippen LogP contribution in [0.2, 0.25) is 0 Å². The van der Waals surface area contributed by atoms with Gasteiger partial charge in [-0.3, -0.25) is 9.52 Å². The maximum absolute atomic E-state index is 12.2. The summed E-state index contributed by atoms with van der Waals surface area (Å²) in [5.74, 6) is -0.348. The number of hydrogen-bond donors (Lipinski definition) is 2. The molecule has 0 spiro atoms. The van der Waals surface area contributed by atoms with Gasteiger partial charge in [0.15, 0.2) is 0 Å². The summed E-state index contributed by atoms with van der Waals surface area (Å²) in [5.41, 5.74) is 0.608. The second kappa shape index (κ2) is 6.91. The molecule has 0 bridgehead atoms. The highest BCUT2D eigenvalue weighted by molar-refractivity contribution is 7.92. The molecule has 1 saturated heterocycles. The minimum atomic E-state index is -3.41. The van der Waals surface area contributed by atoms with E-state index in [2.05, 4.69) is 10.0 Å². The van der Waals surface area contributed by atoms with Crippen LogP contribution in [0, 0.1) is 0 Å². The van der Waals surface area contributed by atoms with Crippen molar-refractivity contribution in [1.29, 1.82) is 0 Å². The van der Waals surface area contributed by atoms with Crippen molar-refractivity contribution < 1.29 is 17.9 Å². The van der Waals surface area contributed by atoms with Crippen LogP contribution in [0.3, 0.4) is 0 Å². The number of hydrogen-bond acceptors (Lipinski definition) is 4. The highest BCUT2D eigenvalue weighted by Crippen LogP contribution is 2.17. The van der Waals surface area contributed by atoms with Crippen molar-refractivity contribution in [3.05, 3.63) is 29.8 Å². The van der Waals surface area contributed by atoms with Crippen LogP contribution in [-0.2, 0) is 14.8 Å². The summed E-state index contributed by atoms with van der Waals surface area (Å²) in [6.45, 7) is 2.71. The van der Waals surface area contributed by atoms with Crippen molar-refractivity contribution in [2.45, 2.75) is 25.9 Å². The Balaban J connectivity index is 2.06. The number of amides is 1. The summed E-state index contributed by atoms with van der Waals surface area (Å²) in [5, 5.41) is 2.79. The van der Waals surface area contributed by atoms with E-state index in [1.165, 1.54) is 0 Å². The fourth-order valence-corrected chi connectivity index (χ4v) is 2.77. The van der Waals surface area contributed by atoms with Gasteiger partial charge < -0.3 is 10.1 Å². The Bertz CT molecular complexity index is 595. The molecule has 0 radical (unpaired) electrons. The monoisotopic (exact) mass is 312 g/mol. The second-order valence-electron chi connectivity index (χ2n) is 4.90. The van der Waals surface area contributed by atoms with Gasteiger partial charge >= 0.3 is 0 Å². The lowest BCUT2D eigenvalue weighted by Gasteiger charge is -2.14. The molecule has 21 heavy (non-hydrogen) atoms. The number of anilines is 1. The third-order valence-electron chi connectivity index (χ3n) is 3.33. The van der Waals surface area contributed by atoms with Crippen molar-refractivity contribution in [3.8, 4) is 0 Å². The average Bonchev–Trinajstić information content (AvgIpc) is 2.98. The van der Waals surface area contributed by atoms with Gasteiger partial charge in [0.25, 0.3) is 5.91 Å². The van der Waals surface area contributed by atoms with Gasteiger partial charge in [0.2, 0.25) is 10.0 Å². The van der Waals surface area contributed by atoms with Gasteiger partial charge in [-0.15, -0.1) is 0 Å². The van der Waals surface area contributed by atoms with Crippen LogP contribution >= 0.6 is 0 Å². The van der Waals surface area contributed by atoms with Crippen LogP contribution in [0.1, 0.15) is 30.1 Å². The largest absolute Gasteiger partial charge is 0.376 e. The molecule has 1 aromatic rings. The molecule has 2 rings (SSSR count). The Morgan fingerprint density at radius 1 is 1.38 bits per heavy atom. The van der Waals surface area contributed by atoms with Crippen LogP contribution in [-0.4, -0.2) is 39.3 Å². The van der Waals surface area contributed by atoms with Gasteiger partial charge in [0.1, 0.15) is 0 Å². The maximum atomic E-state index is 12.2. The number of carbonyl (C=O) groups is 1. The molecule has 1 aliphatic heterocycles. The van der Waals surface area contributed by atoms with Crippen LogP contribution in [0.5, 0.6) is 0 Å². The summed E-state index contributed by atoms with van der Waals surface area (Å²) in [6, 6.07) is 6.56. The van der Waals surface area contributed by atoms with E-state index in [4.69, 9.17) is 4.74 Å². The Labute approximate surface area is 124 Å². The molecule has 6 nitrogen and oxygen atoms in total. The molecule has 1 aromatic carbocycles. The molecule has 0 aliphatic carbocycles. The smallest absolute Gasteiger partial charge is 0.253 e. The first-order valence-corrected chi connectivity index (χ1v) is 8.66. The van der Waals surface area contributed by atoms with Crippen LogP contribution in [0.15, 0.2) is 24.3 Å². The SMILES string of the molecule is CCS(=O)(=O)Nc1ccccc1C(=O)NCC1CCCO1. The highest BCUT2D eigenvalue weighted by Gasteiger charge is 2.19. The third-order valence-corrected chi connectivity index (χ3v) is 4.62. The standard InChI is InChI=1S/C14H20N2O4S/c1-2-21(18,19)16-13-8-4-3-7-12(13)14(17)15-10-11-6-5-9-20-11/h3-4,7-8,11,16H,2,5-6,9-10H2,1H3,(H,15,17). The number of sulfonamides is 1. The molecule has 116 valence electrons. The van der Waals surface area contributed by atoms with Gasteiger partial charge in [-0.2, -0.15) is 0 Å². The van der Waals surface area contributed by atoms with Crippen molar-refractivity contribution in [2.24, 2.45) is 0 Å². The molecule has 1 heterocycles. The molecule has 0 saturated carbocycles. The first-order chi connectivity index (χ1) is 10.0. The molecule has 7 heteroatoms. The Kier molecular flexibility index (Phi) is 5.19. The molecular formula is C14H20N2O4S. The Hall–Kier alpha value is -1.60. The number of para-hydroxylation sites is 1. The first kappa shape index (κ1) is 15.8. The van der Waals surface area contributed by atoms with E-state index < -0.39 is 10.0 Å². The number of rotatable bonds is 6. The van der Waals surface area contributed by atoms with Gasteiger partial charge in [-0.25, -0.2) is 8.42 Å². The van der Waals surface area contributed by atoms with Crippen LogP contribution < -0.4 is 10.0 Å². The van der Waals surface area contributed by atoms with E-state index >= 15 is 0 Å². The number of carbonyl (C=O) groups excluding carboxylic acids is 1. The van der Waals surface area contributed by atoms with E-state index in [0.29, 0.717) is 17.8 Å². The van der Waals surface area contributed by atoms with Gasteiger partial charge in [-0.1, -0.05) is 12.1 Å². The lowest BCUT2D eigenvalue weighted by molar-refractivity contribution is 0.0858. The number of ether oxygens (including phenoxy) is 1. The van der Waals surface area contributed by atoms with Gasteiger partial charge in [0, 0.05) is 13.2 Å². The lowest BCUT2D eigenvalue weighted by atomic mass is 10.1. The zero-order valence-electron chi connectivity index (χ0n) is 12.0. The zero-order chi connectivity index (χ0) is 15.3. The van der Waals surface area contributed by atoms with Crippen molar-refractivity contribution in [3.63, 3.8) is 0 Å². The fraction of sp³-hybridized carbons (Fsp3) is 0.500. The summed E-state index contributed by atoms with van der Waals surface area (Å²) >= 11 is 0. The van der Waals surface area contributed by atoms with Crippen molar-refractivity contribution in [1.82, 2.24) is 5.32 Å². The molecule has 1 atom stereocenters. The normalized spacial score (nSPS) is 18.4. The Morgan fingerprint density at radius 3 is 2.81 bits per heavy atom. The predicted octanol–water partition coefficient (Wildman–Crippen LogP) is 1.36. The van der Waals surface area contributed by atoms with E-state index in [1.54, 1.807) is 31.2 Å². The maximum Gasteiger partial charge on any atom is 0.253 e. The highest BCUT2D eigenvalue weighted by atomic mass is 32.2. The molecular weight excluding hydrogens is 292 g/mol. The first-order valence-electron chi connectivity index (χ1n) is 7.01. The molecule has 1 fully saturated rings. The van der Waals surface area contributed by atoms with Crippen molar-refractivity contribution in [2.75, 3.05) is 23.6 Å². The molecule has 1 amide bonds. The summed E-state index contributed by atoms with van der Waals surface area (Å²) < 4.78 is 31.2. The fourth-order valence-electron chi connectivity index (χ4n) is 2.12. The summed E-state index contributed by atoms with van der Waals surface area (Å²) in [6.07, 6.45) is 1.99. The van der Waals surface area contributed by atoms with E-state index in [1.807, 2.05) is 0 Å². The Morgan fingerprint density at radius 2 is 2.14 bits per heavy atom. The van der Waals surface area contributed by atoms with E-state index in [9.17, 15) is 13.2 Å². The second-order valence-corrected chi connectivity index (χ2v) is 6.91. The zero-order valence-corrected chi connectivity index (χ0v) is 12.8. The lowest BCUT2D eigenvalue weighted by Crippen LogP contribution is -2.32. The predicted molar refractivity (Wildman–Crippen MR) is 80.8 cm³/mol. The van der Waals surface area contributed by atoms with E-state index in [0.717, 1.165) is 19.4 Å². The molecule has 2 N–H and O–H groups in total. The third kappa shape index (κ3) is 4.44. The molecule has 1 aliphatic rings. The average molecular weight is 312 g/mol. The molecule has 1 unspecified atom stereocenters. The topological polar surface area (TPSA) is 84.5 Å².